The molecule has 1 aromatic carbocycles. The lowest BCUT2D eigenvalue weighted by atomic mass is 10.2. The predicted molar refractivity (Wildman–Crippen MR) is 102 cm³/mol. The van der Waals surface area contributed by atoms with E-state index in [0.717, 1.165) is 19.6 Å². The molecule has 7 nitrogen and oxygen atoms in total. The first-order valence-corrected chi connectivity index (χ1v) is 10.8. The number of rotatable bonds is 7. The van der Waals surface area contributed by atoms with E-state index >= 15 is 0 Å². The van der Waals surface area contributed by atoms with Crippen LogP contribution >= 0.6 is 15.9 Å². The molecule has 146 valence electrons. The number of carbonyl (C=O) groups is 1. The zero-order valence-corrected chi connectivity index (χ0v) is 17.6. The van der Waals surface area contributed by atoms with Gasteiger partial charge in [-0.15, -0.1) is 0 Å². The third kappa shape index (κ3) is 5.75. The molecule has 1 saturated heterocycles. The molecule has 1 aliphatic heterocycles. The van der Waals surface area contributed by atoms with E-state index in [1.807, 2.05) is 13.8 Å². The molecule has 1 aromatic rings. The molecule has 9 heteroatoms. The maximum absolute atomic E-state index is 12.4. The van der Waals surface area contributed by atoms with E-state index in [2.05, 4.69) is 30.3 Å². The van der Waals surface area contributed by atoms with Crippen LogP contribution in [0.2, 0.25) is 0 Å². The zero-order chi connectivity index (χ0) is 19.3. The summed E-state index contributed by atoms with van der Waals surface area (Å²) in [6.07, 6.45) is 1.07. The van der Waals surface area contributed by atoms with Crippen molar-refractivity contribution < 1.29 is 22.7 Å². The molecule has 2 unspecified atom stereocenters. The first-order chi connectivity index (χ1) is 12.2. The van der Waals surface area contributed by atoms with Gasteiger partial charge in [0.15, 0.2) is 0 Å². The van der Waals surface area contributed by atoms with Crippen molar-refractivity contribution in [3.8, 4) is 0 Å². The Kier molecular flexibility index (Phi) is 7.60. The van der Waals surface area contributed by atoms with Gasteiger partial charge in [0, 0.05) is 24.1 Å². The second-order valence-electron chi connectivity index (χ2n) is 6.40. The lowest BCUT2D eigenvalue weighted by molar-refractivity contribution is -0.0679. The fourth-order valence-corrected chi connectivity index (χ4v) is 4.51. The van der Waals surface area contributed by atoms with Crippen LogP contribution in [0, 0.1) is 0 Å². The molecule has 0 aromatic heterocycles. The highest BCUT2D eigenvalue weighted by Crippen LogP contribution is 2.21. The molecule has 1 fully saturated rings. The normalized spacial score (nSPS) is 21.5. The zero-order valence-electron chi connectivity index (χ0n) is 15.2. The number of ether oxygens (including phenoxy) is 2. The van der Waals surface area contributed by atoms with Crippen LogP contribution in [0.3, 0.4) is 0 Å². The summed E-state index contributed by atoms with van der Waals surface area (Å²) in [4.78, 5) is 14.0. The van der Waals surface area contributed by atoms with Gasteiger partial charge in [-0.05, 0) is 60.9 Å². The van der Waals surface area contributed by atoms with Gasteiger partial charge in [0.2, 0.25) is 10.0 Å². The second-order valence-corrected chi connectivity index (χ2v) is 9.02. The van der Waals surface area contributed by atoms with Gasteiger partial charge in [-0.1, -0.05) is 0 Å². The number of morpholine rings is 1. The minimum absolute atomic E-state index is 0.0368. The van der Waals surface area contributed by atoms with Crippen molar-refractivity contribution in [2.24, 2.45) is 0 Å². The SMILES string of the molecule is COC(=O)c1cc(S(=O)(=O)NCCCN2CC(C)OC(C)C2)ccc1Br. The van der Waals surface area contributed by atoms with E-state index in [4.69, 9.17) is 4.74 Å². The Morgan fingerprint density at radius 3 is 2.62 bits per heavy atom. The molecular formula is C17H25BrN2O5S. The Bertz CT molecular complexity index is 731. The van der Waals surface area contributed by atoms with E-state index < -0.39 is 16.0 Å². The molecule has 0 amide bonds. The monoisotopic (exact) mass is 448 g/mol. The summed E-state index contributed by atoms with van der Waals surface area (Å²) in [5.74, 6) is -0.593. The Labute approximate surface area is 163 Å². The molecule has 1 heterocycles. The van der Waals surface area contributed by atoms with Gasteiger partial charge in [0.05, 0.1) is 29.8 Å². The van der Waals surface area contributed by atoms with Crippen LogP contribution < -0.4 is 4.72 Å². The number of hydrogen-bond acceptors (Lipinski definition) is 6. The average molecular weight is 449 g/mol. The van der Waals surface area contributed by atoms with Crippen molar-refractivity contribution in [2.45, 2.75) is 37.4 Å². The summed E-state index contributed by atoms with van der Waals surface area (Å²) >= 11 is 3.22. The Morgan fingerprint density at radius 1 is 1.35 bits per heavy atom. The standard InChI is InChI=1S/C17H25BrN2O5S/c1-12-10-20(11-13(2)25-12)8-4-7-19-26(22,23)14-5-6-16(18)15(9-14)17(21)24-3/h5-6,9,12-13,19H,4,7-8,10-11H2,1-3H3. The number of carbonyl (C=O) groups excluding carboxylic acids is 1. The van der Waals surface area contributed by atoms with Crippen LogP contribution in [-0.4, -0.2) is 64.8 Å². The minimum Gasteiger partial charge on any atom is -0.465 e. The second kappa shape index (κ2) is 9.27. The number of sulfonamides is 1. The van der Waals surface area contributed by atoms with Gasteiger partial charge >= 0.3 is 5.97 Å². The van der Waals surface area contributed by atoms with Gasteiger partial charge < -0.3 is 9.47 Å². The summed E-state index contributed by atoms with van der Waals surface area (Å²) in [7, 11) is -2.44. The van der Waals surface area contributed by atoms with Crippen molar-refractivity contribution in [2.75, 3.05) is 33.3 Å². The molecule has 1 aliphatic rings. The molecular weight excluding hydrogens is 424 g/mol. The van der Waals surface area contributed by atoms with Crippen LogP contribution in [-0.2, 0) is 19.5 Å². The number of benzene rings is 1. The summed E-state index contributed by atoms with van der Waals surface area (Å²) in [6, 6.07) is 4.28. The number of methoxy groups -OCH3 is 1. The predicted octanol–water partition coefficient (Wildman–Crippen LogP) is 2.01. The smallest absolute Gasteiger partial charge is 0.339 e. The minimum atomic E-state index is -3.69. The summed E-state index contributed by atoms with van der Waals surface area (Å²) in [6.45, 7) is 6.91. The summed E-state index contributed by atoms with van der Waals surface area (Å²) < 4.78 is 38.3. The number of nitrogens with one attached hydrogen (secondary N) is 1. The van der Waals surface area contributed by atoms with E-state index in [-0.39, 0.29) is 22.7 Å². The van der Waals surface area contributed by atoms with Crippen LogP contribution in [0.5, 0.6) is 0 Å². The molecule has 2 rings (SSSR count). The van der Waals surface area contributed by atoms with Crippen molar-refractivity contribution in [1.29, 1.82) is 0 Å². The van der Waals surface area contributed by atoms with Crippen molar-refractivity contribution in [3.05, 3.63) is 28.2 Å². The average Bonchev–Trinajstić information content (AvgIpc) is 2.57. The molecule has 0 spiro atoms. The quantitative estimate of drug-likeness (QED) is 0.507. The number of halogens is 1. The molecule has 0 bridgehead atoms. The lowest BCUT2D eigenvalue weighted by Crippen LogP contribution is -2.46. The topological polar surface area (TPSA) is 84.9 Å². The Hall–Kier alpha value is -1.00. The number of hydrogen-bond donors (Lipinski definition) is 1. The van der Waals surface area contributed by atoms with Gasteiger partial charge in [-0.3, -0.25) is 4.90 Å². The van der Waals surface area contributed by atoms with Crippen LogP contribution in [0.4, 0.5) is 0 Å². The Balaban J connectivity index is 1.92. The van der Waals surface area contributed by atoms with Crippen LogP contribution in [0.25, 0.3) is 0 Å². The fourth-order valence-electron chi connectivity index (χ4n) is 3.00. The lowest BCUT2D eigenvalue weighted by Gasteiger charge is -2.35. The Morgan fingerprint density at radius 2 is 2.00 bits per heavy atom. The van der Waals surface area contributed by atoms with Crippen LogP contribution in [0.15, 0.2) is 27.6 Å². The van der Waals surface area contributed by atoms with E-state index in [1.165, 1.54) is 25.3 Å². The van der Waals surface area contributed by atoms with E-state index in [9.17, 15) is 13.2 Å². The fraction of sp³-hybridized carbons (Fsp3) is 0.588. The maximum Gasteiger partial charge on any atom is 0.339 e. The molecule has 0 aliphatic carbocycles. The molecule has 0 radical (unpaired) electrons. The van der Waals surface area contributed by atoms with E-state index in [1.54, 1.807) is 0 Å². The largest absolute Gasteiger partial charge is 0.465 e. The summed E-state index contributed by atoms with van der Waals surface area (Å²) in [5.41, 5.74) is 0.173. The first-order valence-electron chi connectivity index (χ1n) is 8.48. The van der Waals surface area contributed by atoms with Crippen LogP contribution in [0.1, 0.15) is 30.6 Å². The summed E-state index contributed by atoms with van der Waals surface area (Å²) in [5, 5.41) is 0. The highest BCUT2D eigenvalue weighted by molar-refractivity contribution is 9.10. The third-order valence-electron chi connectivity index (χ3n) is 4.09. The van der Waals surface area contributed by atoms with Gasteiger partial charge in [0.1, 0.15) is 0 Å². The molecule has 1 N–H and O–H groups in total. The maximum atomic E-state index is 12.4. The van der Waals surface area contributed by atoms with Crippen molar-refractivity contribution >= 4 is 31.9 Å². The molecule has 2 atom stereocenters. The molecule has 26 heavy (non-hydrogen) atoms. The van der Waals surface area contributed by atoms with Gasteiger partial charge in [0.25, 0.3) is 0 Å². The number of nitrogens with zero attached hydrogens (tertiary/aromatic N) is 1. The van der Waals surface area contributed by atoms with Crippen molar-refractivity contribution in [3.63, 3.8) is 0 Å². The highest BCUT2D eigenvalue weighted by Gasteiger charge is 2.22. The number of esters is 1. The first kappa shape index (κ1) is 21.3. The van der Waals surface area contributed by atoms with Crippen molar-refractivity contribution in [1.82, 2.24) is 9.62 Å². The highest BCUT2D eigenvalue weighted by atomic mass is 79.9. The van der Waals surface area contributed by atoms with Gasteiger partial charge in [-0.2, -0.15) is 0 Å². The third-order valence-corrected chi connectivity index (χ3v) is 6.24. The molecule has 0 saturated carbocycles. The van der Waals surface area contributed by atoms with Gasteiger partial charge in [-0.25, -0.2) is 17.9 Å². The van der Waals surface area contributed by atoms with E-state index in [0.29, 0.717) is 17.4 Å².